The van der Waals surface area contributed by atoms with Crippen LogP contribution in [0.15, 0.2) is 0 Å². The van der Waals surface area contributed by atoms with Crippen LogP contribution in [0.5, 0.6) is 0 Å². The Morgan fingerprint density at radius 1 is 1.57 bits per heavy atom. The fourth-order valence-electron chi connectivity index (χ4n) is 0.954. The summed E-state index contributed by atoms with van der Waals surface area (Å²) in [5, 5.41) is 12.5. The van der Waals surface area contributed by atoms with Gasteiger partial charge in [0.2, 0.25) is 0 Å². The number of aliphatic hydroxyl groups excluding tert-OH is 1. The molecule has 3 heteroatoms. The summed E-state index contributed by atoms with van der Waals surface area (Å²) >= 11 is 0. The van der Waals surface area contributed by atoms with Crippen LogP contribution in [0.25, 0.3) is 0 Å². The van der Waals surface area contributed by atoms with Crippen LogP contribution >= 0.6 is 0 Å². The minimum Gasteiger partial charge on any atom is -0.389 e. The van der Waals surface area contributed by atoms with Crippen molar-refractivity contribution < 1.29 is 9.84 Å². The lowest BCUT2D eigenvalue weighted by atomic mass is 10.3. The molecule has 0 aliphatic carbocycles. The Morgan fingerprint density at radius 2 is 2.36 bits per heavy atom. The zero-order valence-corrected chi connectivity index (χ0v) is 8.96. The summed E-state index contributed by atoms with van der Waals surface area (Å²) in [6.07, 6.45) is 7.53. The summed E-state index contributed by atoms with van der Waals surface area (Å²) in [5.74, 6) is 2.53. The number of hydrogen-bond acceptors (Lipinski definition) is 3. The topological polar surface area (TPSA) is 41.5 Å². The molecule has 0 saturated carbocycles. The van der Waals surface area contributed by atoms with Crippen LogP contribution in [-0.2, 0) is 4.74 Å². The zero-order chi connectivity index (χ0) is 10.6. The largest absolute Gasteiger partial charge is 0.389 e. The highest BCUT2D eigenvalue weighted by Gasteiger charge is 2.02. The summed E-state index contributed by atoms with van der Waals surface area (Å²) in [5.41, 5.74) is 0. The second-order valence-corrected chi connectivity index (χ2v) is 3.24. The molecule has 14 heavy (non-hydrogen) atoms. The van der Waals surface area contributed by atoms with Crippen molar-refractivity contribution in [1.82, 2.24) is 5.32 Å². The van der Waals surface area contributed by atoms with Crippen LogP contribution in [0.2, 0.25) is 0 Å². The van der Waals surface area contributed by atoms with Crippen LogP contribution in [0, 0.1) is 12.3 Å². The summed E-state index contributed by atoms with van der Waals surface area (Å²) in [6, 6.07) is 0. The van der Waals surface area contributed by atoms with Crippen molar-refractivity contribution in [3.05, 3.63) is 0 Å². The highest BCUT2D eigenvalue weighted by atomic mass is 16.5. The van der Waals surface area contributed by atoms with Gasteiger partial charge in [0.1, 0.15) is 0 Å². The molecule has 0 radical (unpaired) electrons. The molecule has 0 aromatic carbocycles. The van der Waals surface area contributed by atoms with E-state index in [2.05, 4.69) is 18.2 Å². The predicted molar refractivity (Wildman–Crippen MR) is 58.1 cm³/mol. The lowest BCUT2D eigenvalue weighted by molar-refractivity contribution is 0.0361. The third kappa shape index (κ3) is 9.53. The minimum absolute atomic E-state index is 0.406. The highest BCUT2D eigenvalue weighted by Crippen LogP contribution is 1.90. The fourth-order valence-corrected chi connectivity index (χ4v) is 0.954. The number of aliphatic hydroxyl groups is 1. The third-order valence-corrected chi connectivity index (χ3v) is 1.78. The average Bonchev–Trinajstić information content (AvgIpc) is 2.19. The van der Waals surface area contributed by atoms with Gasteiger partial charge in [-0.1, -0.05) is 13.3 Å². The van der Waals surface area contributed by atoms with Crippen molar-refractivity contribution in [2.75, 3.05) is 26.3 Å². The summed E-state index contributed by atoms with van der Waals surface area (Å²) in [4.78, 5) is 0. The lowest BCUT2D eigenvalue weighted by Crippen LogP contribution is -2.31. The lowest BCUT2D eigenvalue weighted by Gasteiger charge is -2.11. The molecule has 0 aliphatic heterocycles. The van der Waals surface area contributed by atoms with Crippen molar-refractivity contribution in [3.63, 3.8) is 0 Å². The highest BCUT2D eigenvalue weighted by molar-refractivity contribution is 4.84. The van der Waals surface area contributed by atoms with Gasteiger partial charge in [0.15, 0.2) is 0 Å². The molecule has 82 valence electrons. The molecule has 0 amide bonds. The molecular formula is C11H21NO2. The first-order valence-electron chi connectivity index (χ1n) is 5.21. The Labute approximate surface area is 86.8 Å². The number of ether oxygens (including phenoxy) is 1. The monoisotopic (exact) mass is 199 g/mol. The summed E-state index contributed by atoms with van der Waals surface area (Å²) < 4.78 is 5.26. The van der Waals surface area contributed by atoms with Gasteiger partial charge in [-0.25, -0.2) is 0 Å². The first-order valence-corrected chi connectivity index (χ1v) is 5.21. The molecule has 0 aromatic rings. The van der Waals surface area contributed by atoms with E-state index in [1.807, 2.05) is 0 Å². The molecule has 3 nitrogen and oxygen atoms in total. The molecule has 0 fully saturated rings. The van der Waals surface area contributed by atoms with Crippen LogP contribution in [0.3, 0.4) is 0 Å². The number of nitrogens with one attached hydrogen (secondary N) is 1. The smallest absolute Gasteiger partial charge is 0.0897 e. The van der Waals surface area contributed by atoms with E-state index in [1.54, 1.807) is 0 Å². The molecule has 0 saturated heterocycles. The van der Waals surface area contributed by atoms with E-state index in [-0.39, 0.29) is 0 Å². The molecule has 1 unspecified atom stereocenters. The first-order chi connectivity index (χ1) is 6.81. The van der Waals surface area contributed by atoms with E-state index in [1.165, 1.54) is 0 Å². The van der Waals surface area contributed by atoms with E-state index in [0.29, 0.717) is 19.6 Å². The second kappa shape index (κ2) is 10.5. The summed E-state index contributed by atoms with van der Waals surface area (Å²) in [6.45, 7) is 4.55. The molecule has 0 aromatic heterocycles. The normalized spacial score (nSPS) is 12.4. The van der Waals surface area contributed by atoms with Crippen molar-refractivity contribution in [1.29, 1.82) is 0 Å². The molecule has 0 spiro atoms. The van der Waals surface area contributed by atoms with Gasteiger partial charge in [-0.15, -0.1) is 12.3 Å². The minimum atomic E-state index is -0.426. The van der Waals surface area contributed by atoms with Gasteiger partial charge < -0.3 is 15.2 Å². The molecule has 0 rings (SSSR count). The van der Waals surface area contributed by atoms with E-state index >= 15 is 0 Å². The maximum Gasteiger partial charge on any atom is 0.0897 e. The predicted octanol–water partition coefficient (Wildman–Crippen LogP) is 0.777. The van der Waals surface area contributed by atoms with Crippen molar-refractivity contribution in [2.24, 2.45) is 0 Å². The number of hydrogen-bond donors (Lipinski definition) is 2. The van der Waals surface area contributed by atoms with Gasteiger partial charge in [-0.3, -0.25) is 0 Å². The average molecular weight is 199 g/mol. The number of terminal acetylenes is 1. The van der Waals surface area contributed by atoms with Gasteiger partial charge in [0.05, 0.1) is 12.7 Å². The molecule has 0 heterocycles. The Hall–Kier alpha value is -0.560. The van der Waals surface area contributed by atoms with Crippen LogP contribution < -0.4 is 5.32 Å². The van der Waals surface area contributed by atoms with E-state index < -0.39 is 6.10 Å². The number of unbranched alkanes of at least 4 members (excludes halogenated alkanes) is 1. The van der Waals surface area contributed by atoms with Gasteiger partial charge in [0.25, 0.3) is 0 Å². The van der Waals surface area contributed by atoms with Gasteiger partial charge in [0, 0.05) is 26.1 Å². The Bertz CT molecular complexity index is 154. The molecule has 0 aliphatic rings. The van der Waals surface area contributed by atoms with Crippen molar-refractivity contribution >= 4 is 0 Å². The zero-order valence-electron chi connectivity index (χ0n) is 8.96. The Kier molecular flexibility index (Phi) is 10.1. The fraction of sp³-hybridized carbons (Fsp3) is 0.818. The first kappa shape index (κ1) is 13.4. The van der Waals surface area contributed by atoms with E-state index in [0.717, 1.165) is 26.0 Å². The number of rotatable bonds is 9. The van der Waals surface area contributed by atoms with E-state index in [4.69, 9.17) is 11.2 Å². The van der Waals surface area contributed by atoms with E-state index in [9.17, 15) is 5.11 Å². The quantitative estimate of drug-likeness (QED) is 0.426. The standard InChI is InChI=1S/C11H21NO2/c1-3-5-7-12-9-11(13)10-14-8-6-4-2/h1,11-13H,4-10H2,2H3. The van der Waals surface area contributed by atoms with Gasteiger partial charge >= 0.3 is 0 Å². The summed E-state index contributed by atoms with van der Waals surface area (Å²) in [7, 11) is 0. The van der Waals surface area contributed by atoms with Crippen LogP contribution in [-0.4, -0.2) is 37.5 Å². The molecule has 2 N–H and O–H groups in total. The van der Waals surface area contributed by atoms with Crippen molar-refractivity contribution in [3.8, 4) is 12.3 Å². The Morgan fingerprint density at radius 3 is 3.00 bits per heavy atom. The maximum absolute atomic E-state index is 9.41. The molecular weight excluding hydrogens is 178 g/mol. The third-order valence-electron chi connectivity index (χ3n) is 1.78. The second-order valence-electron chi connectivity index (χ2n) is 3.24. The Balaban J connectivity index is 3.12. The van der Waals surface area contributed by atoms with Gasteiger partial charge in [-0.05, 0) is 6.42 Å². The molecule has 0 bridgehead atoms. The van der Waals surface area contributed by atoms with Crippen molar-refractivity contribution in [2.45, 2.75) is 32.3 Å². The van der Waals surface area contributed by atoms with Crippen LogP contribution in [0.1, 0.15) is 26.2 Å². The van der Waals surface area contributed by atoms with Crippen LogP contribution in [0.4, 0.5) is 0 Å². The maximum atomic E-state index is 9.41. The molecule has 1 atom stereocenters. The van der Waals surface area contributed by atoms with Gasteiger partial charge in [-0.2, -0.15) is 0 Å². The SMILES string of the molecule is C#CCCNCC(O)COCCCC.